The van der Waals surface area contributed by atoms with Crippen LogP contribution in [-0.2, 0) is 19.5 Å². The number of aryl methyl sites for hydroxylation is 2. The molecule has 31 heavy (non-hydrogen) atoms. The highest BCUT2D eigenvalue weighted by Gasteiger charge is 2.14. The topological polar surface area (TPSA) is 85.6 Å². The highest BCUT2D eigenvalue weighted by Crippen LogP contribution is 2.30. The van der Waals surface area contributed by atoms with Crippen molar-refractivity contribution in [3.05, 3.63) is 105 Å². The van der Waals surface area contributed by atoms with Gasteiger partial charge in [0.1, 0.15) is 0 Å². The van der Waals surface area contributed by atoms with Gasteiger partial charge in [-0.3, -0.25) is 9.78 Å². The average Bonchev–Trinajstić information content (AvgIpc) is 3.22. The Kier molecular flexibility index (Phi) is 6.21. The van der Waals surface area contributed by atoms with Crippen LogP contribution < -0.4 is 11.2 Å². The molecular weight excluding hydrogens is 390 g/mol. The van der Waals surface area contributed by atoms with Gasteiger partial charge in [0.05, 0.1) is 11.9 Å². The molecule has 2 aromatic heterocycles. The van der Waals surface area contributed by atoms with E-state index in [1.165, 1.54) is 33.5 Å². The molecule has 0 bridgehead atoms. The Morgan fingerprint density at radius 3 is 2.58 bits per heavy atom. The number of benzene rings is 2. The molecule has 0 aliphatic rings. The van der Waals surface area contributed by atoms with Crippen molar-refractivity contribution in [1.82, 2.24) is 24.5 Å². The van der Waals surface area contributed by atoms with E-state index in [-0.39, 0.29) is 17.2 Å². The standard InChI is InChI=1S/C24H25N5O2/c1-18(21-11-5-6-12-22(21)19-8-3-2-4-9-19)17-29-20(16-25-27-29)10-7-14-28-15-13-23(30)26-24(28)31/h2-6,8-9,11-13,15-16,18H,7,10,14,17H2,1H3,(H,26,30,31). The maximum absolute atomic E-state index is 11.8. The molecule has 1 N–H and O–H groups in total. The first kappa shape index (κ1) is 20.5. The van der Waals surface area contributed by atoms with Gasteiger partial charge in [-0.2, -0.15) is 0 Å². The Balaban J connectivity index is 1.45. The molecule has 2 heterocycles. The van der Waals surface area contributed by atoms with Crippen LogP contribution in [0.2, 0.25) is 0 Å². The average molecular weight is 415 g/mol. The Labute approximate surface area is 180 Å². The number of nitrogens with zero attached hydrogens (tertiary/aromatic N) is 4. The van der Waals surface area contributed by atoms with Gasteiger partial charge in [0.2, 0.25) is 0 Å². The van der Waals surface area contributed by atoms with Crippen LogP contribution in [0.1, 0.15) is 30.5 Å². The largest absolute Gasteiger partial charge is 0.328 e. The zero-order valence-corrected chi connectivity index (χ0v) is 17.4. The lowest BCUT2D eigenvalue weighted by Crippen LogP contribution is -2.28. The van der Waals surface area contributed by atoms with Crippen LogP contribution in [0.25, 0.3) is 11.1 Å². The molecule has 7 heteroatoms. The summed E-state index contributed by atoms with van der Waals surface area (Å²) in [6, 6.07) is 20.2. The normalized spacial score (nSPS) is 12.0. The van der Waals surface area contributed by atoms with Gasteiger partial charge in [-0.05, 0) is 29.5 Å². The molecule has 4 rings (SSSR count). The predicted octanol–water partition coefficient (Wildman–Crippen LogP) is 3.23. The fourth-order valence-electron chi connectivity index (χ4n) is 3.84. The lowest BCUT2D eigenvalue weighted by molar-refractivity contribution is 0.499. The molecule has 0 aliphatic heterocycles. The zero-order valence-electron chi connectivity index (χ0n) is 17.4. The summed E-state index contributed by atoms with van der Waals surface area (Å²) in [5, 5.41) is 8.39. The molecule has 1 unspecified atom stereocenters. The molecule has 0 saturated carbocycles. The molecule has 1 atom stereocenters. The van der Waals surface area contributed by atoms with E-state index in [1.807, 2.05) is 10.7 Å². The summed E-state index contributed by atoms with van der Waals surface area (Å²) in [6.45, 7) is 3.44. The molecule has 0 radical (unpaired) electrons. The van der Waals surface area contributed by atoms with Crippen LogP contribution in [0.5, 0.6) is 0 Å². The molecule has 4 aromatic rings. The summed E-state index contributed by atoms with van der Waals surface area (Å²) in [5.41, 5.74) is 3.97. The summed E-state index contributed by atoms with van der Waals surface area (Å²) in [5.74, 6) is 0.249. The number of aromatic nitrogens is 5. The van der Waals surface area contributed by atoms with E-state index in [2.05, 4.69) is 70.8 Å². The van der Waals surface area contributed by atoms with E-state index in [1.54, 1.807) is 6.20 Å². The summed E-state index contributed by atoms with van der Waals surface area (Å²) < 4.78 is 3.45. The molecule has 7 nitrogen and oxygen atoms in total. The van der Waals surface area contributed by atoms with Crippen LogP contribution in [0.4, 0.5) is 0 Å². The summed E-state index contributed by atoms with van der Waals surface area (Å²) in [4.78, 5) is 25.3. The fraction of sp³-hybridized carbons (Fsp3) is 0.250. The number of H-pyrrole nitrogens is 1. The second-order valence-electron chi connectivity index (χ2n) is 7.67. The third-order valence-electron chi connectivity index (χ3n) is 5.45. The maximum Gasteiger partial charge on any atom is 0.328 e. The van der Waals surface area contributed by atoms with Gasteiger partial charge in [-0.1, -0.05) is 66.7 Å². The minimum Gasteiger partial charge on any atom is -0.301 e. The van der Waals surface area contributed by atoms with Gasteiger partial charge in [0.25, 0.3) is 5.56 Å². The highest BCUT2D eigenvalue weighted by atomic mass is 16.2. The minimum absolute atomic E-state index is 0.249. The minimum atomic E-state index is -0.384. The quantitative estimate of drug-likeness (QED) is 0.479. The highest BCUT2D eigenvalue weighted by molar-refractivity contribution is 5.67. The summed E-state index contributed by atoms with van der Waals surface area (Å²) >= 11 is 0. The van der Waals surface area contributed by atoms with Gasteiger partial charge >= 0.3 is 5.69 Å². The lowest BCUT2D eigenvalue weighted by atomic mass is 9.91. The molecule has 0 fully saturated rings. The van der Waals surface area contributed by atoms with E-state index in [4.69, 9.17) is 0 Å². The third-order valence-corrected chi connectivity index (χ3v) is 5.45. The van der Waals surface area contributed by atoms with Gasteiger partial charge in [0, 0.05) is 31.3 Å². The van der Waals surface area contributed by atoms with Crippen molar-refractivity contribution in [3.63, 3.8) is 0 Å². The molecule has 158 valence electrons. The van der Waals surface area contributed by atoms with Crippen LogP contribution in [0.3, 0.4) is 0 Å². The van der Waals surface area contributed by atoms with E-state index in [0.29, 0.717) is 6.54 Å². The Hall–Kier alpha value is -3.74. The van der Waals surface area contributed by atoms with E-state index in [9.17, 15) is 9.59 Å². The fourth-order valence-corrected chi connectivity index (χ4v) is 3.84. The number of hydrogen-bond donors (Lipinski definition) is 1. The Morgan fingerprint density at radius 2 is 1.77 bits per heavy atom. The van der Waals surface area contributed by atoms with Crippen LogP contribution in [0, 0.1) is 0 Å². The van der Waals surface area contributed by atoms with Crippen LogP contribution in [-0.4, -0.2) is 24.5 Å². The zero-order chi connectivity index (χ0) is 21.6. The van der Waals surface area contributed by atoms with E-state index < -0.39 is 0 Å². The lowest BCUT2D eigenvalue weighted by Gasteiger charge is -2.18. The van der Waals surface area contributed by atoms with Crippen LogP contribution >= 0.6 is 0 Å². The summed E-state index contributed by atoms with van der Waals surface area (Å²) in [6.07, 6.45) is 4.80. The first-order valence-electron chi connectivity index (χ1n) is 10.4. The first-order valence-corrected chi connectivity index (χ1v) is 10.4. The molecule has 0 amide bonds. The molecule has 0 aliphatic carbocycles. The van der Waals surface area contributed by atoms with Crippen molar-refractivity contribution in [2.75, 3.05) is 0 Å². The van der Waals surface area contributed by atoms with E-state index in [0.717, 1.165) is 25.1 Å². The van der Waals surface area contributed by atoms with Crippen molar-refractivity contribution < 1.29 is 0 Å². The van der Waals surface area contributed by atoms with Gasteiger partial charge in [0.15, 0.2) is 0 Å². The monoisotopic (exact) mass is 415 g/mol. The van der Waals surface area contributed by atoms with Crippen molar-refractivity contribution in [2.45, 2.75) is 38.8 Å². The SMILES string of the molecule is CC(Cn1nncc1CCCn1ccc(=O)[nH]c1=O)c1ccccc1-c1ccccc1. The van der Waals surface area contributed by atoms with Crippen molar-refractivity contribution in [1.29, 1.82) is 0 Å². The molecule has 2 aromatic carbocycles. The molecule has 0 spiro atoms. The number of aromatic amines is 1. The molecular formula is C24H25N5O2. The van der Waals surface area contributed by atoms with Gasteiger partial charge < -0.3 is 4.57 Å². The second kappa shape index (κ2) is 9.38. The second-order valence-corrected chi connectivity index (χ2v) is 7.67. The molecule has 0 saturated heterocycles. The van der Waals surface area contributed by atoms with Crippen molar-refractivity contribution in [2.24, 2.45) is 0 Å². The maximum atomic E-state index is 11.8. The predicted molar refractivity (Wildman–Crippen MR) is 120 cm³/mol. The number of nitrogens with one attached hydrogen (secondary N) is 1. The van der Waals surface area contributed by atoms with Gasteiger partial charge in [-0.25, -0.2) is 9.48 Å². The van der Waals surface area contributed by atoms with E-state index >= 15 is 0 Å². The summed E-state index contributed by atoms with van der Waals surface area (Å²) in [7, 11) is 0. The third kappa shape index (κ3) is 4.88. The number of hydrogen-bond acceptors (Lipinski definition) is 4. The van der Waals surface area contributed by atoms with Crippen LogP contribution in [0.15, 0.2) is 82.6 Å². The smallest absolute Gasteiger partial charge is 0.301 e. The Bertz CT molecular complexity index is 1260. The van der Waals surface area contributed by atoms with Crippen molar-refractivity contribution in [3.8, 4) is 11.1 Å². The first-order chi connectivity index (χ1) is 15.1. The van der Waals surface area contributed by atoms with Gasteiger partial charge in [-0.15, -0.1) is 5.10 Å². The Morgan fingerprint density at radius 1 is 1.00 bits per heavy atom. The van der Waals surface area contributed by atoms with Crippen molar-refractivity contribution >= 4 is 0 Å². The number of rotatable bonds is 8.